The van der Waals surface area contributed by atoms with Gasteiger partial charge in [0.1, 0.15) is 5.82 Å². The number of carbonyl (C=O) groups excluding carboxylic acids is 1. The second kappa shape index (κ2) is 9.44. The largest absolute Gasteiger partial charge is 0.454 e. The predicted molar refractivity (Wildman–Crippen MR) is 150 cm³/mol. The van der Waals surface area contributed by atoms with Crippen LogP contribution in [0.1, 0.15) is 27.2 Å². The summed E-state index contributed by atoms with van der Waals surface area (Å²) in [7, 11) is -3.70. The Bertz CT molecular complexity index is 1860. The van der Waals surface area contributed by atoms with Gasteiger partial charge < -0.3 is 14.8 Å². The van der Waals surface area contributed by atoms with E-state index in [1.54, 1.807) is 10.7 Å². The van der Waals surface area contributed by atoms with Crippen molar-refractivity contribution in [1.29, 1.82) is 0 Å². The number of benzene rings is 3. The average molecular weight is 574 g/mol. The number of hydrogen-bond donors (Lipinski definition) is 1. The van der Waals surface area contributed by atoms with Crippen LogP contribution in [0.5, 0.6) is 11.5 Å². The monoisotopic (exact) mass is 573 g/mol. The van der Waals surface area contributed by atoms with Crippen LogP contribution in [0.4, 0.5) is 5.82 Å². The summed E-state index contributed by atoms with van der Waals surface area (Å²) in [5, 5.41) is 7.98. The fourth-order valence-electron chi connectivity index (χ4n) is 4.92. The van der Waals surface area contributed by atoms with Crippen LogP contribution in [-0.2, 0) is 23.0 Å². The van der Waals surface area contributed by atoms with Crippen LogP contribution in [0.15, 0.2) is 71.6 Å². The summed E-state index contributed by atoms with van der Waals surface area (Å²) in [6.45, 7) is 2.76. The number of rotatable bonds is 5. The van der Waals surface area contributed by atoms with Crippen LogP contribution < -0.4 is 14.8 Å². The third kappa shape index (κ3) is 4.30. The maximum absolute atomic E-state index is 13.3. The second-order valence-electron chi connectivity index (χ2n) is 9.59. The Morgan fingerprint density at radius 3 is 2.55 bits per heavy atom. The molecule has 2 aliphatic rings. The number of thiazole rings is 1. The lowest BCUT2D eigenvalue weighted by molar-refractivity contribution is 0.102. The van der Waals surface area contributed by atoms with Crippen molar-refractivity contribution in [2.24, 2.45) is 0 Å². The average Bonchev–Trinajstić information content (AvgIpc) is 3.69. The molecule has 10 nitrogen and oxygen atoms in total. The van der Waals surface area contributed by atoms with Gasteiger partial charge in [-0.05, 0) is 48.7 Å². The highest BCUT2D eigenvalue weighted by atomic mass is 32.2. The van der Waals surface area contributed by atoms with E-state index >= 15 is 0 Å². The number of ether oxygens (including phenoxy) is 2. The summed E-state index contributed by atoms with van der Waals surface area (Å²) < 4.78 is 41.5. The maximum atomic E-state index is 13.3. The number of sulfonamides is 1. The molecule has 0 fully saturated rings. The number of hydrogen-bond acceptors (Lipinski definition) is 8. The Labute approximate surface area is 233 Å². The van der Waals surface area contributed by atoms with Crippen molar-refractivity contribution in [2.75, 3.05) is 18.7 Å². The molecule has 3 aromatic carbocycles. The highest BCUT2D eigenvalue weighted by molar-refractivity contribution is 7.89. The summed E-state index contributed by atoms with van der Waals surface area (Å²) in [6.07, 6.45) is 0.668. The van der Waals surface area contributed by atoms with Crippen LogP contribution in [-0.4, -0.2) is 46.7 Å². The maximum Gasteiger partial charge on any atom is 0.256 e. The number of aromatic nitrogens is 3. The van der Waals surface area contributed by atoms with Crippen LogP contribution in [0.3, 0.4) is 0 Å². The van der Waals surface area contributed by atoms with E-state index in [9.17, 15) is 13.2 Å². The van der Waals surface area contributed by atoms with Gasteiger partial charge in [0, 0.05) is 36.9 Å². The third-order valence-corrected chi connectivity index (χ3v) is 9.83. The standard InChI is InChI=1S/C28H23N5O5S2/c1-17-12-26(33(31-17)28-29-22-13-23-24(38-16-37-23)14-25(22)39-28)30-27(34)19-6-8-21(9-7-19)40(35,36)32-11-10-18-4-2-3-5-20(18)15-32/h2-9,12-14H,10-11,15-16H2,1H3,(H,30,34). The molecule has 40 heavy (non-hydrogen) atoms. The Morgan fingerprint density at radius 2 is 1.75 bits per heavy atom. The molecule has 1 amide bonds. The van der Waals surface area contributed by atoms with Crippen molar-refractivity contribution in [1.82, 2.24) is 19.1 Å². The van der Waals surface area contributed by atoms with Crippen LogP contribution in [0, 0.1) is 6.92 Å². The summed E-state index contributed by atoms with van der Waals surface area (Å²) in [5.74, 6) is 1.37. The highest BCUT2D eigenvalue weighted by Gasteiger charge is 2.28. The van der Waals surface area contributed by atoms with Crippen molar-refractivity contribution in [3.63, 3.8) is 0 Å². The Kier molecular flexibility index (Phi) is 5.84. The van der Waals surface area contributed by atoms with Gasteiger partial charge in [-0.25, -0.2) is 13.4 Å². The summed E-state index contributed by atoms with van der Waals surface area (Å²) >= 11 is 1.41. The molecular weight excluding hydrogens is 550 g/mol. The number of aryl methyl sites for hydroxylation is 1. The molecule has 1 N–H and O–H groups in total. The molecular formula is C28H23N5O5S2. The zero-order chi connectivity index (χ0) is 27.4. The smallest absolute Gasteiger partial charge is 0.256 e. The second-order valence-corrected chi connectivity index (χ2v) is 12.5. The van der Waals surface area contributed by atoms with Gasteiger partial charge in [0.15, 0.2) is 11.5 Å². The first-order valence-electron chi connectivity index (χ1n) is 12.6. The van der Waals surface area contributed by atoms with Crippen LogP contribution in [0.2, 0.25) is 0 Å². The molecule has 2 aromatic heterocycles. The molecule has 0 unspecified atom stereocenters. The molecule has 12 heteroatoms. The quantitative estimate of drug-likeness (QED) is 0.329. The molecule has 5 aromatic rings. The summed E-state index contributed by atoms with van der Waals surface area (Å²) in [6, 6.07) is 19.3. The fraction of sp³-hybridized carbons (Fsp3) is 0.179. The number of amides is 1. The minimum atomic E-state index is -3.70. The topological polar surface area (TPSA) is 116 Å². The van der Waals surface area contributed by atoms with E-state index in [2.05, 4.69) is 15.4 Å². The van der Waals surface area contributed by atoms with Gasteiger partial charge in [0.2, 0.25) is 21.9 Å². The van der Waals surface area contributed by atoms with Crippen molar-refractivity contribution >= 4 is 43.3 Å². The van der Waals surface area contributed by atoms with Gasteiger partial charge in [0.25, 0.3) is 5.91 Å². The molecule has 4 heterocycles. The van der Waals surface area contributed by atoms with Crippen molar-refractivity contribution in [2.45, 2.75) is 24.8 Å². The van der Waals surface area contributed by atoms with Gasteiger partial charge in [-0.3, -0.25) is 4.79 Å². The first-order chi connectivity index (χ1) is 19.3. The molecule has 0 aliphatic carbocycles. The molecule has 0 atom stereocenters. The number of anilines is 1. The molecule has 2 aliphatic heterocycles. The highest BCUT2D eigenvalue weighted by Crippen LogP contribution is 2.39. The molecule has 0 radical (unpaired) electrons. The van der Waals surface area contributed by atoms with Crippen LogP contribution in [0.25, 0.3) is 15.3 Å². The van der Waals surface area contributed by atoms with Crippen molar-refractivity contribution in [3.8, 4) is 16.6 Å². The molecule has 0 bridgehead atoms. The number of carbonyl (C=O) groups is 1. The lowest BCUT2D eigenvalue weighted by atomic mass is 10.0. The van der Waals surface area contributed by atoms with E-state index in [-0.39, 0.29) is 17.6 Å². The number of fused-ring (bicyclic) bond motifs is 3. The van der Waals surface area contributed by atoms with Crippen LogP contribution >= 0.6 is 11.3 Å². The fourth-order valence-corrected chi connectivity index (χ4v) is 7.28. The first-order valence-corrected chi connectivity index (χ1v) is 14.9. The molecule has 7 rings (SSSR count). The minimum Gasteiger partial charge on any atom is -0.454 e. The molecule has 0 saturated heterocycles. The number of nitrogens with one attached hydrogen (secondary N) is 1. The Hall–Kier alpha value is -4.26. The zero-order valence-corrected chi connectivity index (χ0v) is 23.0. The summed E-state index contributed by atoms with van der Waals surface area (Å²) in [5.41, 5.74) is 3.95. The van der Waals surface area contributed by atoms with E-state index in [1.807, 2.05) is 43.3 Å². The lowest BCUT2D eigenvalue weighted by Crippen LogP contribution is -2.35. The Balaban J connectivity index is 1.11. The third-order valence-electron chi connectivity index (χ3n) is 6.98. The van der Waals surface area contributed by atoms with Crippen molar-refractivity contribution in [3.05, 3.63) is 89.1 Å². The summed E-state index contributed by atoms with van der Waals surface area (Å²) in [4.78, 5) is 18.0. The molecule has 0 saturated carbocycles. The van der Waals surface area contributed by atoms with Gasteiger partial charge >= 0.3 is 0 Å². The predicted octanol–water partition coefficient (Wildman–Crippen LogP) is 4.52. The van der Waals surface area contributed by atoms with Gasteiger partial charge in [0.05, 0.1) is 20.8 Å². The van der Waals surface area contributed by atoms with E-state index in [0.717, 1.165) is 15.8 Å². The van der Waals surface area contributed by atoms with Gasteiger partial charge in [-0.15, -0.1) is 0 Å². The first kappa shape index (κ1) is 24.8. The lowest BCUT2D eigenvalue weighted by Gasteiger charge is -2.28. The van der Waals surface area contributed by atoms with Crippen molar-refractivity contribution < 1.29 is 22.7 Å². The van der Waals surface area contributed by atoms with E-state index < -0.39 is 10.0 Å². The van der Waals surface area contributed by atoms with Gasteiger partial charge in [-0.2, -0.15) is 14.1 Å². The van der Waals surface area contributed by atoms with Gasteiger partial charge in [-0.1, -0.05) is 35.6 Å². The molecule has 202 valence electrons. The number of nitrogens with zero attached hydrogens (tertiary/aromatic N) is 4. The van der Waals surface area contributed by atoms with E-state index in [4.69, 9.17) is 9.47 Å². The van der Waals surface area contributed by atoms with E-state index in [0.29, 0.717) is 53.2 Å². The van der Waals surface area contributed by atoms with E-state index in [1.165, 1.54) is 45.5 Å². The Morgan fingerprint density at radius 1 is 1.00 bits per heavy atom. The minimum absolute atomic E-state index is 0.152. The SMILES string of the molecule is Cc1cc(NC(=O)c2ccc(S(=O)(=O)N3CCc4ccccc4C3)cc2)n(-c2nc3cc4c(cc3s2)OCO4)n1. The normalized spacial score (nSPS) is 14.8. The zero-order valence-electron chi connectivity index (χ0n) is 21.3. The molecule has 0 spiro atoms.